The third-order valence-electron chi connectivity index (χ3n) is 5.72. The zero-order valence-electron chi connectivity index (χ0n) is 18.1. The number of hydrogen-bond acceptors (Lipinski definition) is 4. The summed E-state index contributed by atoms with van der Waals surface area (Å²) >= 11 is 0. The molecule has 1 fully saturated rings. The first-order chi connectivity index (χ1) is 14.8. The highest BCUT2D eigenvalue weighted by Crippen LogP contribution is 2.26. The molecule has 1 aliphatic rings. The number of carbonyl (C=O) groups excluding carboxylic acids is 1. The molecule has 0 spiro atoms. The Hall–Kier alpha value is -2.69. The van der Waals surface area contributed by atoms with Crippen LogP contribution in [0.5, 0.6) is 0 Å². The second-order valence-electron chi connectivity index (χ2n) is 8.06. The lowest BCUT2D eigenvalue weighted by Gasteiger charge is -2.33. The predicted molar refractivity (Wildman–Crippen MR) is 120 cm³/mol. The zero-order chi connectivity index (χ0) is 22.4. The predicted octanol–water partition coefficient (Wildman–Crippen LogP) is 3.71. The van der Waals surface area contributed by atoms with E-state index in [4.69, 9.17) is 5.26 Å². The van der Waals surface area contributed by atoms with E-state index in [1.165, 1.54) is 4.31 Å². The van der Waals surface area contributed by atoms with E-state index < -0.39 is 10.0 Å². The number of carbonyl (C=O) groups is 1. The highest BCUT2D eigenvalue weighted by atomic mass is 32.2. The number of piperidine rings is 1. The Balaban J connectivity index is 1.64. The summed E-state index contributed by atoms with van der Waals surface area (Å²) in [5, 5.41) is 8.96. The molecule has 31 heavy (non-hydrogen) atoms. The van der Waals surface area contributed by atoms with Crippen LogP contribution in [0.25, 0.3) is 0 Å². The van der Waals surface area contributed by atoms with Gasteiger partial charge in [-0.3, -0.25) is 4.79 Å². The standard InChI is InChI=1S/C24H29N3O3S/c1-3-14-26(18-21-8-6-20(17-25)7-9-21)24(28)22-12-15-27(16-13-22)31(29,30)23-10-4-19(2)5-11-23/h4-11,22H,3,12-16,18H2,1-2H3. The SMILES string of the molecule is CCCN(Cc1ccc(C#N)cc1)C(=O)C1CCN(S(=O)(=O)c2ccc(C)cc2)CC1. The van der Waals surface area contributed by atoms with Gasteiger partial charge < -0.3 is 4.90 Å². The fourth-order valence-corrected chi connectivity index (χ4v) is 5.37. The van der Waals surface area contributed by atoms with Crippen LogP contribution in [0.2, 0.25) is 0 Å². The molecule has 1 saturated heterocycles. The van der Waals surface area contributed by atoms with Crippen LogP contribution in [-0.4, -0.2) is 43.2 Å². The molecule has 6 nitrogen and oxygen atoms in total. The summed E-state index contributed by atoms with van der Waals surface area (Å²) in [5.41, 5.74) is 2.60. The van der Waals surface area contributed by atoms with E-state index in [1.807, 2.05) is 30.9 Å². The van der Waals surface area contributed by atoms with Gasteiger partial charge in [0.2, 0.25) is 15.9 Å². The third-order valence-corrected chi connectivity index (χ3v) is 7.64. The Bertz CT molecular complexity index is 1030. The summed E-state index contributed by atoms with van der Waals surface area (Å²) in [7, 11) is -3.53. The van der Waals surface area contributed by atoms with E-state index in [2.05, 4.69) is 6.07 Å². The maximum Gasteiger partial charge on any atom is 0.243 e. The van der Waals surface area contributed by atoms with Gasteiger partial charge in [0.25, 0.3) is 0 Å². The van der Waals surface area contributed by atoms with Crippen molar-refractivity contribution in [3.63, 3.8) is 0 Å². The summed E-state index contributed by atoms with van der Waals surface area (Å²) in [6.45, 7) is 5.82. The van der Waals surface area contributed by atoms with Crippen molar-refractivity contribution < 1.29 is 13.2 Å². The number of amides is 1. The van der Waals surface area contributed by atoms with Gasteiger partial charge in [-0.05, 0) is 56.0 Å². The molecule has 1 aliphatic heterocycles. The van der Waals surface area contributed by atoms with E-state index in [0.717, 1.165) is 17.5 Å². The Labute approximate surface area is 185 Å². The molecule has 0 saturated carbocycles. The first kappa shape index (κ1) is 23.0. The van der Waals surface area contributed by atoms with Crippen LogP contribution in [0.15, 0.2) is 53.4 Å². The minimum absolute atomic E-state index is 0.0820. The molecule has 2 aromatic rings. The molecular weight excluding hydrogens is 410 g/mol. The molecule has 3 rings (SSSR count). The fraction of sp³-hybridized carbons (Fsp3) is 0.417. The average Bonchev–Trinajstić information content (AvgIpc) is 2.79. The average molecular weight is 440 g/mol. The van der Waals surface area contributed by atoms with Crippen molar-refractivity contribution in [2.45, 2.75) is 44.6 Å². The molecule has 7 heteroatoms. The smallest absolute Gasteiger partial charge is 0.243 e. The van der Waals surface area contributed by atoms with E-state index in [1.54, 1.807) is 36.4 Å². The molecule has 164 valence electrons. The number of rotatable bonds is 7. The van der Waals surface area contributed by atoms with Crippen LogP contribution >= 0.6 is 0 Å². The topological polar surface area (TPSA) is 81.5 Å². The van der Waals surface area contributed by atoms with Gasteiger partial charge in [0.1, 0.15) is 0 Å². The molecule has 0 atom stereocenters. The molecule has 0 aromatic heterocycles. The van der Waals surface area contributed by atoms with Crippen molar-refractivity contribution >= 4 is 15.9 Å². The van der Waals surface area contributed by atoms with Crippen LogP contribution in [0.3, 0.4) is 0 Å². The van der Waals surface area contributed by atoms with Crippen LogP contribution in [0, 0.1) is 24.2 Å². The number of benzene rings is 2. The summed E-state index contributed by atoms with van der Waals surface area (Å²) < 4.78 is 27.3. The lowest BCUT2D eigenvalue weighted by molar-refractivity contribution is -0.137. The number of sulfonamides is 1. The Morgan fingerprint density at radius 2 is 1.71 bits per heavy atom. The molecular formula is C24H29N3O3S. The number of nitriles is 1. The van der Waals surface area contributed by atoms with Crippen LogP contribution < -0.4 is 0 Å². The Morgan fingerprint density at radius 1 is 1.10 bits per heavy atom. The van der Waals surface area contributed by atoms with Crippen LogP contribution in [0.1, 0.15) is 42.9 Å². The molecule has 0 bridgehead atoms. The van der Waals surface area contributed by atoms with Gasteiger partial charge >= 0.3 is 0 Å². The first-order valence-electron chi connectivity index (χ1n) is 10.7. The molecule has 0 aliphatic carbocycles. The quantitative estimate of drug-likeness (QED) is 0.659. The van der Waals surface area contributed by atoms with Crippen molar-refractivity contribution in [2.24, 2.45) is 5.92 Å². The Kier molecular flexibility index (Phi) is 7.47. The van der Waals surface area contributed by atoms with Gasteiger partial charge in [-0.1, -0.05) is 36.8 Å². The maximum absolute atomic E-state index is 13.2. The Morgan fingerprint density at radius 3 is 2.26 bits per heavy atom. The second-order valence-corrected chi connectivity index (χ2v) is 10.00. The van der Waals surface area contributed by atoms with Gasteiger partial charge in [0.15, 0.2) is 0 Å². The summed E-state index contributed by atoms with van der Waals surface area (Å²) in [6, 6.07) is 16.3. The molecule has 0 radical (unpaired) electrons. The van der Waals surface area contributed by atoms with Crippen molar-refractivity contribution in [1.82, 2.24) is 9.21 Å². The van der Waals surface area contributed by atoms with Gasteiger partial charge in [-0.2, -0.15) is 9.57 Å². The molecule has 1 amide bonds. The van der Waals surface area contributed by atoms with Crippen LogP contribution in [0.4, 0.5) is 0 Å². The van der Waals surface area contributed by atoms with Gasteiger partial charge in [0.05, 0.1) is 16.5 Å². The van der Waals surface area contributed by atoms with Gasteiger partial charge in [-0.25, -0.2) is 8.42 Å². The molecule has 2 aromatic carbocycles. The third kappa shape index (κ3) is 5.52. The minimum Gasteiger partial charge on any atom is -0.338 e. The maximum atomic E-state index is 13.2. The van der Waals surface area contributed by atoms with Crippen LogP contribution in [-0.2, 0) is 21.4 Å². The highest BCUT2D eigenvalue weighted by Gasteiger charge is 2.33. The van der Waals surface area contributed by atoms with E-state index in [9.17, 15) is 13.2 Å². The highest BCUT2D eigenvalue weighted by molar-refractivity contribution is 7.89. The fourth-order valence-electron chi connectivity index (χ4n) is 3.90. The van der Waals surface area contributed by atoms with E-state index in [-0.39, 0.29) is 11.8 Å². The van der Waals surface area contributed by atoms with Gasteiger partial charge in [0, 0.05) is 32.1 Å². The number of nitrogens with zero attached hydrogens (tertiary/aromatic N) is 3. The zero-order valence-corrected chi connectivity index (χ0v) is 18.9. The lowest BCUT2D eigenvalue weighted by atomic mass is 9.96. The first-order valence-corrected chi connectivity index (χ1v) is 12.1. The van der Waals surface area contributed by atoms with Crippen molar-refractivity contribution in [2.75, 3.05) is 19.6 Å². The summed E-state index contributed by atoms with van der Waals surface area (Å²) in [5.74, 6) is -0.0898. The van der Waals surface area contributed by atoms with Crippen molar-refractivity contribution in [1.29, 1.82) is 5.26 Å². The van der Waals surface area contributed by atoms with E-state index in [0.29, 0.717) is 49.5 Å². The molecule has 1 heterocycles. The second kappa shape index (κ2) is 10.1. The monoisotopic (exact) mass is 439 g/mol. The molecule has 0 unspecified atom stereocenters. The normalized spacial score (nSPS) is 15.4. The summed E-state index contributed by atoms with van der Waals surface area (Å²) in [4.78, 5) is 15.3. The largest absolute Gasteiger partial charge is 0.338 e. The number of aryl methyl sites for hydroxylation is 1. The van der Waals surface area contributed by atoms with E-state index >= 15 is 0 Å². The minimum atomic E-state index is -3.53. The molecule has 0 N–H and O–H groups in total. The van der Waals surface area contributed by atoms with Crippen molar-refractivity contribution in [3.05, 3.63) is 65.2 Å². The number of hydrogen-bond donors (Lipinski definition) is 0. The van der Waals surface area contributed by atoms with Crippen molar-refractivity contribution in [3.8, 4) is 6.07 Å². The lowest BCUT2D eigenvalue weighted by Crippen LogP contribution is -2.44. The summed E-state index contributed by atoms with van der Waals surface area (Å²) in [6.07, 6.45) is 1.90. The van der Waals surface area contributed by atoms with Gasteiger partial charge in [-0.15, -0.1) is 0 Å².